The Hall–Kier alpha value is -0.540. The van der Waals surface area contributed by atoms with Crippen molar-refractivity contribution in [1.29, 1.82) is 0 Å². The highest BCUT2D eigenvalue weighted by atomic mass is 35.5. The predicted octanol–water partition coefficient (Wildman–Crippen LogP) is 4.14. The average Bonchev–Trinajstić information content (AvgIpc) is 2.61. The second-order valence-corrected chi connectivity index (χ2v) is 6.23. The van der Waals surface area contributed by atoms with Gasteiger partial charge in [-0.15, -0.1) is 0 Å². The van der Waals surface area contributed by atoms with Crippen LogP contribution in [0.15, 0.2) is 6.20 Å². The Morgan fingerprint density at radius 2 is 2.11 bits per heavy atom. The van der Waals surface area contributed by atoms with Gasteiger partial charge in [-0.3, -0.25) is 4.68 Å². The van der Waals surface area contributed by atoms with Crippen LogP contribution in [0.3, 0.4) is 0 Å². The van der Waals surface area contributed by atoms with Crippen molar-refractivity contribution in [2.24, 2.45) is 0 Å². The molecular formula is C15H26ClN3. The van der Waals surface area contributed by atoms with Crippen LogP contribution < -0.4 is 5.32 Å². The highest BCUT2D eigenvalue weighted by Gasteiger charge is 2.29. The average molecular weight is 284 g/mol. The lowest BCUT2D eigenvalue weighted by molar-refractivity contribution is 0.385. The second-order valence-electron chi connectivity index (χ2n) is 5.82. The SMILES string of the molecule is CCNC1CCCCCC1c1c(Cl)cnn1C(C)C. The summed E-state index contributed by atoms with van der Waals surface area (Å²) in [5.41, 5.74) is 1.24. The van der Waals surface area contributed by atoms with Crippen molar-refractivity contribution in [3.8, 4) is 0 Å². The highest BCUT2D eigenvalue weighted by Crippen LogP contribution is 2.36. The van der Waals surface area contributed by atoms with Crippen LogP contribution in [0.1, 0.15) is 70.5 Å². The van der Waals surface area contributed by atoms with E-state index >= 15 is 0 Å². The first-order valence-corrected chi connectivity index (χ1v) is 7.99. The number of aromatic nitrogens is 2. The summed E-state index contributed by atoms with van der Waals surface area (Å²) in [4.78, 5) is 0. The Bertz CT molecular complexity index is 400. The number of halogens is 1. The maximum absolute atomic E-state index is 6.43. The minimum Gasteiger partial charge on any atom is -0.314 e. The Morgan fingerprint density at radius 1 is 1.37 bits per heavy atom. The van der Waals surface area contributed by atoms with Crippen LogP contribution in [-0.4, -0.2) is 22.4 Å². The van der Waals surface area contributed by atoms with Gasteiger partial charge in [0, 0.05) is 18.0 Å². The first kappa shape index (κ1) is 14.9. The normalized spacial score (nSPS) is 24.7. The molecular weight excluding hydrogens is 258 g/mol. The van der Waals surface area contributed by atoms with Crippen LogP contribution in [0, 0.1) is 0 Å². The molecule has 19 heavy (non-hydrogen) atoms. The fraction of sp³-hybridized carbons (Fsp3) is 0.800. The summed E-state index contributed by atoms with van der Waals surface area (Å²) in [5, 5.41) is 8.97. The van der Waals surface area contributed by atoms with Gasteiger partial charge in [-0.25, -0.2) is 0 Å². The molecule has 4 heteroatoms. The van der Waals surface area contributed by atoms with Crippen LogP contribution in [0.5, 0.6) is 0 Å². The van der Waals surface area contributed by atoms with Crippen molar-refractivity contribution >= 4 is 11.6 Å². The number of nitrogens with one attached hydrogen (secondary N) is 1. The fourth-order valence-corrected chi connectivity index (χ4v) is 3.52. The topological polar surface area (TPSA) is 29.9 Å². The molecule has 0 radical (unpaired) electrons. The zero-order valence-electron chi connectivity index (χ0n) is 12.3. The Labute approximate surface area is 121 Å². The molecule has 0 bridgehead atoms. The number of rotatable bonds is 4. The standard InChI is InChI=1S/C15H26ClN3/c1-4-17-14-9-7-5-6-8-12(14)15-13(16)10-18-19(15)11(2)3/h10-12,14,17H,4-9H2,1-3H3. The summed E-state index contributed by atoms with van der Waals surface area (Å²) in [6.45, 7) is 7.55. The van der Waals surface area contributed by atoms with Gasteiger partial charge >= 0.3 is 0 Å². The Morgan fingerprint density at radius 3 is 2.79 bits per heavy atom. The quantitative estimate of drug-likeness (QED) is 0.842. The second kappa shape index (κ2) is 6.76. The molecule has 2 rings (SSSR count). The van der Waals surface area contributed by atoms with E-state index in [0.29, 0.717) is 18.0 Å². The monoisotopic (exact) mass is 283 g/mol. The van der Waals surface area contributed by atoms with Gasteiger partial charge in [0.25, 0.3) is 0 Å². The van der Waals surface area contributed by atoms with E-state index in [9.17, 15) is 0 Å². The molecule has 0 aliphatic heterocycles. The minimum atomic E-state index is 0.369. The predicted molar refractivity (Wildman–Crippen MR) is 80.9 cm³/mol. The smallest absolute Gasteiger partial charge is 0.0821 e. The van der Waals surface area contributed by atoms with Gasteiger partial charge in [0.2, 0.25) is 0 Å². The van der Waals surface area contributed by atoms with Crippen molar-refractivity contribution in [2.45, 2.75) is 70.9 Å². The summed E-state index contributed by atoms with van der Waals surface area (Å²) in [5.74, 6) is 0.500. The van der Waals surface area contributed by atoms with Crippen LogP contribution in [0.2, 0.25) is 5.02 Å². The Balaban J connectivity index is 2.32. The lowest BCUT2D eigenvalue weighted by atomic mass is 9.91. The van der Waals surface area contributed by atoms with Crippen molar-refractivity contribution < 1.29 is 0 Å². The third-order valence-electron chi connectivity index (χ3n) is 4.11. The summed E-state index contributed by atoms with van der Waals surface area (Å²) in [7, 11) is 0. The Kier molecular flexibility index (Phi) is 5.28. The zero-order chi connectivity index (χ0) is 13.8. The molecule has 0 spiro atoms. The van der Waals surface area contributed by atoms with Crippen molar-refractivity contribution in [1.82, 2.24) is 15.1 Å². The molecule has 1 aromatic heterocycles. The maximum atomic E-state index is 6.43. The number of hydrogen-bond donors (Lipinski definition) is 1. The molecule has 108 valence electrons. The minimum absolute atomic E-state index is 0.369. The number of likely N-dealkylation sites (N-methyl/N-ethyl adjacent to an activating group) is 1. The van der Waals surface area contributed by atoms with Gasteiger partial charge in [0.15, 0.2) is 0 Å². The van der Waals surface area contributed by atoms with Crippen LogP contribution in [0.4, 0.5) is 0 Å². The van der Waals surface area contributed by atoms with E-state index in [1.54, 1.807) is 0 Å². The summed E-state index contributed by atoms with van der Waals surface area (Å²) in [6, 6.07) is 0.909. The molecule has 1 fully saturated rings. The lowest BCUT2D eigenvalue weighted by Crippen LogP contribution is -2.35. The molecule has 0 saturated heterocycles. The first-order valence-electron chi connectivity index (χ1n) is 7.61. The third-order valence-corrected chi connectivity index (χ3v) is 4.40. The van der Waals surface area contributed by atoms with E-state index in [2.05, 4.69) is 35.9 Å². The summed E-state index contributed by atoms with van der Waals surface area (Å²) < 4.78 is 2.11. The van der Waals surface area contributed by atoms with Crippen molar-refractivity contribution in [2.75, 3.05) is 6.54 Å². The molecule has 1 aliphatic rings. The highest BCUT2D eigenvalue weighted by molar-refractivity contribution is 6.31. The summed E-state index contributed by atoms with van der Waals surface area (Å²) >= 11 is 6.43. The van der Waals surface area contributed by atoms with Gasteiger partial charge in [0.05, 0.1) is 16.9 Å². The van der Waals surface area contributed by atoms with Gasteiger partial charge in [-0.1, -0.05) is 37.8 Å². The van der Waals surface area contributed by atoms with Crippen molar-refractivity contribution in [3.05, 3.63) is 16.9 Å². The molecule has 1 aromatic rings. The van der Waals surface area contributed by atoms with E-state index in [1.165, 1.54) is 37.8 Å². The number of hydrogen-bond acceptors (Lipinski definition) is 2. The molecule has 0 aromatic carbocycles. The molecule has 1 N–H and O–H groups in total. The maximum Gasteiger partial charge on any atom is 0.0821 e. The molecule has 1 aliphatic carbocycles. The molecule has 2 atom stereocenters. The molecule has 1 heterocycles. The van der Waals surface area contributed by atoms with E-state index < -0.39 is 0 Å². The summed E-state index contributed by atoms with van der Waals surface area (Å²) in [6.07, 6.45) is 8.23. The van der Waals surface area contributed by atoms with E-state index in [0.717, 1.165) is 11.6 Å². The molecule has 0 amide bonds. The van der Waals surface area contributed by atoms with Crippen LogP contribution in [0.25, 0.3) is 0 Å². The van der Waals surface area contributed by atoms with E-state index in [-0.39, 0.29) is 0 Å². The number of nitrogens with zero attached hydrogens (tertiary/aromatic N) is 2. The van der Waals surface area contributed by atoms with Crippen LogP contribution in [-0.2, 0) is 0 Å². The molecule has 1 saturated carbocycles. The van der Waals surface area contributed by atoms with Gasteiger partial charge in [-0.2, -0.15) is 5.10 Å². The third kappa shape index (κ3) is 3.32. The van der Waals surface area contributed by atoms with Crippen molar-refractivity contribution in [3.63, 3.8) is 0 Å². The lowest BCUT2D eigenvalue weighted by Gasteiger charge is -2.28. The molecule has 3 nitrogen and oxygen atoms in total. The van der Waals surface area contributed by atoms with Gasteiger partial charge in [-0.05, 0) is 33.2 Å². The fourth-order valence-electron chi connectivity index (χ4n) is 3.25. The van der Waals surface area contributed by atoms with Gasteiger partial charge < -0.3 is 5.32 Å². The zero-order valence-corrected chi connectivity index (χ0v) is 13.1. The van der Waals surface area contributed by atoms with E-state index in [4.69, 9.17) is 11.6 Å². The van der Waals surface area contributed by atoms with E-state index in [1.807, 2.05) is 6.20 Å². The van der Waals surface area contributed by atoms with Gasteiger partial charge in [0.1, 0.15) is 0 Å². The van der Waals surface area contributed by atoms with Crippen LogP contribution >= 0.6 is 11.6 Å². The largest absolute Gasteiger partial charge is 0.314 e. The first-order chi connectivity index (χ1) is 9.15. The molecule has 2 unspecified atom stereocenters.